The van der Waals surface area contributed by atoms with Crippen LogP contribution in [0.5, 0.6) is 0 Å². The predicted molar refractivity (Wildman–Crippen MR) is 131 cm³/mol. The van der Waals surface area contributed by atoms with Gasteiger partial charge in [0, 0.05) is 49.6 Å². The first-order valence-corrected chi connectivity index (χ1v) is 12.9. The van der Waals surface area contributed by atoms with E-state index in [1.807, 2.05) is 12.1 Å². The number of piperidine rings is 1. The molecule has 188 valence electrons. The van der Waals surface area contributed by atoms with E-state index in [-0.39, 0.29) is 29.7 Å². The lowest BCUT2D eigenvalue weighted by Crippen LogP contribution is -2.46. The second-order valence-electron chi connectivity index (χ2n) is 9.84. The number of anilines is 1. The summed E-state index contributed by atoms with van der Waals surface area (Å²) in [5.41, 5.74) is 1.16. The summed E-state index contributed by atoms with van der Waals surface area (Å²) in [4.78, 5) is 42.9. The monoisotopic (exact) mass is 472 g/mol. The molecule has 0 aromatic carbocycles. The van der Waals surface area contributed by atoms with E-state index in [2.05, 4.69) is 27.4 Å². The molecule has 34 heavy (non-hydrogen) atoms. The number of nitrogens with zero attached hydrogens (tertiary/aromatic N) is 2. The number of unbranched alkanes of at least 4 members (excludes halogenated alkanes) is 2. The van der Waals surface area contributed by atoms with Crippen LogP contribution in [0.2, 0.25) is 0 Å². The number of carbonyl (C=O) groups is 3. The molecule has 1 saturated heterocycles. The Morgan fingerprint density at radius 1 is 1.06 bits per heavy atom. The maximum absolute atomic E-state index is 12.8. The minimum Gasteiger partial charge on any atom is -0.480 e. The van der Waals surface area contributed by atoms with Crippen LogP contribution in [0, 0.1) is 11.8 Å². The summed E-state index contributed by atoms with van der Waals surface area (Å²) in [5.74, 6) is -0.668. The van der Waals surface area contributed by atoms with Crippen molar-refractivity contribution >= 4 is 23.5 Å². The molecule has 1 atom stereocenters. The molecule has 0 spiro atoms. The fourth-order valence-electron chi connectivity index (χ4n) is 5.17. The number of hydrogen-bond donors (Lipinski definition) is 3. The van der Waals surface area contributed by atoms with Gasteiger partial charge in [-0.2, -0.15) is 0 Å². The maximum Gasteiger partial charge on any atom is 0.326 e. The smallest absolute Gasteiger partial charge is 0.326 e. The van der Waals surface area contributed by atoms with Gasteiger partial charge in [0.25, 0.3) is 0 Å². The number of aromatic nitrogens is 1. The van der Waals surface area contributed by atoms with E-state index in [1.54, 1.807) is 12.4 Å². The van der Waals surface area contributed by atoms with Crippen LogP contribution in [0.1, 0.15) is 77.6 Å². The van der Waals surface area contributed by atoms with Crippen LogP contribution in [-0.4, -0.2) is 53.0 Å². The largest absolute Gasteiger partial charge is 0.480 e. The molecule has 1 aromatic heterocycles. The Morgan fingerprint density at radius 3 is 2.35 bits per heavy atom. The Bertz CT molecular complexity index is 787. The molecule has 3 N–H and O–H groups in total. The molecule has 2 heterocycles. The Morgan fingerprint density at radius 2 is 1.74 bits per heavy atom. The third-order valence-corrected chi connectivity index (χ3v) is 7.30. The van der Waals surface area contributed by atoms with Gasteiger partial charge in [-0.25, -0.2) is 4.79 Å². The number of aliphatic carboxylic acids is 1. The van der Waals surface area contributed by atoms with Gasteiger partial charge >= 0.3 is 5.97 Å². The summed E-state index contributed by atoms with van der Waals surface area (Å²) < 4.78 is 0. The van der Waals surface area contributed by atoms with E-state index in [4.69, 9.17) is 0 Å². The van der Waals surface area contributed by atoms with Crippen LogP contribution in [0.3, 0.4) is 0 Å². The van der Waals surface area contributed by atoms with Crippen LogP contribution < -0.4 is 15.5 Å². The highest BCUT2D eigenvalue weighted by atomic mass is 16.4. The van der Waals surface area contributed by atoms with Gasteiger partial charge in [-0.3, -0.25) is 14.6 Å². The second-order valence-corrected chi connectivity index (χ2v) is 9.84. The molecule has 2 fully saturated rings. The van der Waals surface area contributed by atoms with Crippen LogP contribution in [0.15, 0.2) is 24.5 Å². The normalized spacial score (nSPS) is 22.1. The zero-order valence-electron chi connectivity index (χ0n) is 20.4. The van der Waals surface area contributed by atoms with Gasteiger partial charge in [-0.1, -0.05) is 19.8 Å². The number of nitrogens with one attached hydrogen (secondary N) is 2. The van der Waals surface area contributed by atoms with Gasteiger partial charge in [0.15, 0.2) is 0 Å². The molecule has 1 saturated carbocycles. The quantitative estimate of drug-likeness (QED) is 0.425. The van der Waals surface area contributed by atoms with Crippen molar-refractivity contribution in [3.63, 3.8) is 0 Å². The minimum atomic E-state index is -0.961. The molecule has 0 bridgehead atoms. The van der Waals surface area contributed by atoms with Gasteiger partial charge in [-0.15, -0.1) is 0 Å². The number of carbonyl (C=O) groups excluding carboxylic acids is 2. The number of carboxylic acids is 1. The van der Waals surface area contributed by atoms with E-state index in [9.17, 15) is 19.5 Å². The Kier molecular flexibility index (Phi) is 10.2. The van der Waals surface area contributed by atoms with Crippen LogP contribution in [-0.2, 0) is 14.4 Å². The minimum absolute atomic E-state index is 0.0510. The molecular formula is C26H40N4O4. The lowest BCUT2D eigenvalue weighted by atomic mass is 9.82. The van der Waals surface area contributed by atoms with Gasteiger partial charge < -0.3 is 20.6 Å². The van der Waals surface area contributed by atoms with Gasteiger partial charge in [0.1, 0.15) is 6.04 Å². The first kappa shape index (κ1) is 26.0. The molecule has 0 radical (unpaired) electrons. The molecule has 1 aromatic rings. The molecule has 2 amide bonds. The third kappa shape index (κ3) is 7.99. The highest BCUT2D eigenvalue weighted by Crippen LogP contribution is 2.29. The predicted octanol–water partition coefficient (Wildman–Crippen LogP) is 3.51. The van der Waals surface area contributed by atoms with Gasteiger partial charge in [0.2, 0.25) is 11.8 Å². The van der Waals surface area contributed by atoms with E-state index in [0.717, 1.165) is 76.6 Å². The van der Waals surface area contributed by atoms with E-state index >= 15 is 0 Å². The maximum atomic E-state index is 12.8. The highest BCUT2D eigenvalue weighted by Gasteiger charge is 2.31. The Hall–Kier alpha value is -2.64. The first-order chi connectivity index (χ1) is 16.5. The summed E-state index contributed by atoms with van der Waals surface area (Å²) in [5, 5.41) is 15.5. The number of carboxylic acid groups (broad SMARTS) is 1. The fourth-order valence-corrected chi connectivity index (χ4v) is 5.17. The topological polar surface area (TPSA) is 112 Å². The summed E-state index contributed by atoms with van der Waals surface area (Å²) in [7, 11) is 0. The summed E-state index contributed by atoms with van der Waals surface area (Å²) >= 11 is 0. The molecule has 8 heteroatoms. The lowest BCUT2D eigenvalue weighted by Gasteiger charge is -2.35. The van der Waals surface area contributed by atoms with Crippen molar-refractivity contribution in [1.29, 1.82) is 0 Å². The zero-order valence-corrected chi connectivity index (χ0v) is 20.4. The van der Waals surface area contributed by atoms with Crippen LogP contribution in [0.4, 0.5) is 5.69 Å². The summed E-state index contributed by atoms with van der Waals surface area (Å²) in [6.45, 7) is 3.81. The van der Waals surface area contributed by atoms with E-state index in [1.165, 1.54) is 0 Å². The standard InChI is InChI=1S/C26H40N4O4/c1-2-3-4-5-24(31)29-23(26(33)34)18-19-6-8-21(9-7-19)28-25(32)20-12-16-30(17-13-20)22-10-14-27-15-11-22/h10-11,14-15,19-21,23H,2-9,12-13,16-18H2,1H3,(H,28,32)(H,29,31)(H,33,34). The average Bonchev–Trinajstić information content (AvgIpc) is 2.85. The number of hydrogen-bond acceptors (Lipinski definition) is 5. The summed E-state index contributed by atoms with van der Waals surface area (Å²) in [6, 6.07) is 3.35. The van der Waals surface area contributed by atoms with Crippen molar-refractivity contribution in [2.45, 2.75) is 89.6 Å². The first-order valence-electron chi connectivity index (χ1n) is 12.9. The fraction of sp³-hybridized carbons (Fsp3) is 0.692. The van der Waals surface area contributed by atoms with E-state index in [0.29, 0.717) is 12.8 Å². The van der Waals surface area contributed by atoms with Crippen molar-refractivity contribution in [3.8, 4) is 0 Å². The lowest BCUT2D eigenvalue weighted by molar-refractivity contribution is -0.142. The molecule has 1 aliphatic heterocycles. The van der Waals surface area contributed by atoms with Crippen molar-refractivity contribution < 1.29 is 19.5 Å². The van der Waals surface area contributed by atoms with Crippen LogP contribution >= 0.6 is 0 Å². The zero-order chi connectivity index (χ0) is 24.3. The number of amides is 2. The Balaban J connectivity index is 1.36. The SMILES string of the molecule is CCCCCC(=O)NC(CC1CCC(NC(=O)C2CCN(c3ccncc3)CC2)CC1)C(=O)O. The van der Waals surface area contributed by atoms with Gasteiger partial charge in [0.05, 0.1) is 0 Å². The third-order valence-electron chi connectivity index (χ3n) is 7.30. The van der Waals surface area contributed by atoms with Gasteiger partial charge in [-0.05, 0) is 69.4 Å². The summed E-state index contributed by atoms with van der Waals surface area (Å²) in [6.07, 6.45) is 12.4. The molecule has 3 rings (SSSR count). The van der Waals surface area contributed by atoms with Crippen molar-refractivity contribution in [3.05, 3.63) is 24.5 Å². The van der Waals surface area contributed by atoms with E-state index < -0.39 is 12.0 Å². The van der Waals surface area contributed by atoms with Crippen molar-refractivity contribution in [2.24, 2.45) is 11.8 Å². The molecular weight excluding hydrogens is 432 g/mol. The van der Waals surface area contributed by atoms with Crippen molar-refractivity contribution in [1.82, 2.24) is 15.6 Å². The number of rotatable bonds is 11. The molecule has 2 aliphatic rings. The highest BCUT2D eigenvalue weighted by molar-refractivity contribution is 5.83. The second kappa shape index (κ2) is 13.3. The van der Waals surface area contributed by atoms with Crippen molar-refractivity contribution in [2.75, 3.05) is 18.0 Å². The Labute approximate surface area is 202 Å². The van der Waals surface area contributed by atoms with Crippen LogP contribution in [0.25, 0.3) is 0 Å². The average molecular weight is 473 g/mol. The molecule has 8 nitrogen and oxygen atoms in total. The number of pyridine rings is 1. The molecule has 1 aliphatic carbocycles. The molecule has 1 unspecified atom stereocenters.